The first-order valence-electron chi connectivity index (χ1n) is 5.06. The van der Waals surface area contributed by atoms with Crippen LogP contribution in [0.1, 0.15) is 12.5 Å². The van der Waals surface area contributed by atoms with E-state index in [4.69, 9.17) is 5.11 Å². The highest BCUT2D eigenvalue weighted by Crippen LogP contribution is 2.24. The fraction of sp³-hybridized carbons (Fsp3) is 0.455. The first kappa shape index (κ1) is 14.8. The topological polar surface area (TPSA) is 32.3 Å². The Morgan fingerprint density at radius 3 is 2.22 bits per heavy atom. The maximum absolute atomic E-state index is 13.0. The monoisotopic (exact) mass is 269 g/mol. The second-order valence-electron chi connectivity index (χ2n) is 4.09. The van der Waals surface area contributed by atoms with Crippen LogP contribution in [0.4, 0.5) is 22.0 Å². The van der Waals surface area contributed by atoms with E-state index in [9.17, 15) is 22.0 Å². The number of halogens is 5. The van der Waals surface area contributed by atoms with E-state index < -0.39 is 36.5 Å². The van der Waals surface area contributed by atoms with E-state index in [-0.39, 0.29) is 5.56 Å². The van der Waals surface area contributed by atoms with E-state index in [2.05, 4.69) is 5.32 Å². The Labute approximate surface area is 100 Å². The van der Waals surface area contributed by atoms with Crippen LogP contribution in [0.3, 0.4) is 0 Å². The Morgan fingerprint density at radius 2 is 1.78 bits per heavy atom. The van der Waals surface area contributed by atoms with Gasteiger partial charge in [-0.05, 0) is 24.6 Å². The van der Waals surface area contributed by atoms with Gasteiger partial charge in [0.05, 0.1) is 18.7 Å². The molecule has 0 aliphatic carbocycles. The number of nitrogens with one attached hydrogen (secondary N) is 1. The molecule has 0 heterocycles. The summed E-state index contributed by atoms with van der Waals surface area (Å²) >= 11 is 0. The third-order valence-electron chi connectivity index (χ3n) is 2.55. The number of benzene rings is 1. The van der Waals surface area contributed by atoms with Gasteiger partial charge in [0.2, 0.25) is 0 Å². The van der Waals surface area contributed by atoms with Crippen molar-refractivity contribution in [2.75, 3.05) is 13.2 Å². The second-order valence-corrected chi connectivity index (χ2v) is 4.09. The molecule has 0 saturated carbocycles. The number of aliphatic hydroxyl groups is 1. The van der Waals surface area contributed by atoms with Gasteiger partial charge in [-0.25, -0.2) is 8.78 Å². The molecule has 0 saturated heterocycles. The van der Waals surface area contributed by atoms with Gasteiger partial charge >= 0.3 is 6.18 Å². The van der Waals surface area contributed by atoms with Crippen molar-refractivity contribution in [3.63, 3.8) is 0 Å². The third kappa shape index (κ3) is 3.64. The quantitative estimate of drug-likeness (QED) is 0.822. The summed E-state index contributed by atoms with van der Waals surface area (Å²) in [6, 6.07) is 2.68. The largest absolute Gasteiger partial charge is 0.401 e. The molecule has 0 aliphatic rings. The van der Waals surface area contributed by atoms with E-state index in [1.165, 1.54) is 6.92 Å². The second kappa shape index (κ2) is 5.19. The lowest BCUT2D eigenvalue weighted by atomic mass is 9.92. The summed E-state index contributed by atoms with van der Waals surface area (Å²) in [5, 5.41) is 11.2. The van der Waals surface area contributed by atoms with Gasteiger partial charge in [0.15, 0.2) is 11.6 Å². The summed E-state index contributed by atoms with van der Waals surface area (Å²) < 4.78 is 62.1. The van der Waals surface area contributed by atoms with Crippen LogP contribution in [0.5, 0.6) is 0 Å². The molecular formula is C11H12F5NO. The molecule has 1 aromatic carbocycles. The summed E-state index contributed by atoms with van der Waals surface area (Å²) in [7, 11) is 0. The zero-order valence-corrected chi connectivity index (χ0v) is 9.48. The van der Waals surface area contributed by atoms with Crippen molar-refractivity contribution in [2.24, 2.45) is 0 Å². The number of alkyl halides is 3. The number of rotatable bonds is 4. The fourth-order valence-corrected chi connectivity index (χ4v) is 1.38. The van der Waals surface area contributed by atoms with Crippen LogP contribution < -0.4 is 5.32 Å². The standard InChI is InChI=1S/C11H12F5NO/c1-10(6-18,17-5-11(14,15)16)7-2-3-8(12)9(13)4-7/h2-4,17-18H,5-6H2,1H3. The van der Waals surface area contributed by atoms with Crippen molar-refractivity contribution in [1.29, 1.82) is 0 Å². The Morgan fingerprint density at radius 1 is 1.17 bits per heavy atom. The Kier molecular flexibility index (Phi) is 4.28. The van der Waals surface area contributed by atoms with Gasteiger partial charge in [-0.3, -0.25) is 5.32 Å². The van der Waals surface area contributed by atoms with E-state index in [0.717, 1.165) is 18.2 Å². The molecule has 0 spiro atoms. The van der Waals surface area contributed by atoms with Gasteiger partial charge in [-0.1, -0.05) is 6.07 Å². The van der Waals surface area contributed by atoms with Crippen LogP contribution >= 0.6 is 0 Å². The third-order valence-corrected chi connectivity index (χ3v) is 2.55. The minimum Gasteiger partial charge on any atom is -0.394 e. The van der Waals surface area contributed by atoms with Crippen molar-refractivity contribution in [3.05, 3.63) is 35.4 Å². The van der Waals surface area contributed by atoms with Crippen molar-refractivity contribution < 1.29 is 27.1 Å². The number of hydrogen-bond acceptors (Lipinski definition) is 2. The lowest BCUT2D eigenvalue weighted by molar-refractivity contribution is -0.129. The smallest absolute Gasteiger partial charge is 0.394 e. The molecule has 7 heteroatoms. The maximum atomic E-state index is 13.0. The van der Waals surface area contributed by atoms with Crippen LogP contribution in [0.15, 0.2) is 18.2 Å². The molecule has 102 valence electrons. The molecule has 2 N–H and O–H groups in total. The van der Waals surface area contributed by atoms with Gasteiger partial charge in [0.25, 0.3) is 0 Å². The first-order valence-corrected chi connectivity index (χ1v) is 5.06. The molecule has 0 bridgehead atoms. The SMILES string of the molecule is CC(CO)(NCC(F)(F)F)c1ccc(F)c(F)c1. The Bertz CT molecular complexity index is 420. The average molecular weight is 269 g/mol. The minimum atomic E-state index is -4.46. The van der Waals surface area contributed by atoms with Crippen LogP contribution in [-0.4, -0.2) is 24.4 Å². The first-order chi connectivity index (χ1) is 8.18. The maximum Gasteiger partial charge on any atom is 0.401 e. The molecule has 2 nitrogen and oxygen atoms in total. The Balaban J connectivity index is 2.96. The molecule has 1 aromatic rings. The zero-order chi connectivity index (χ0) is 14.0. The summed E-state index contributed by atoms with van der Waals surface area (Å²) in [6.45, 7) is -0.761. The molecule has 0 aliphatic heterocycles. The zero-order valence-electron chi connectivity index (χ0n) is 9.48. The van der Waals surface area contributed by atoms with Crippen molar-refractivity contribution in [3.8, 4) is 0 Å². The van der Waals surface area contributed by atoms with Crippen LogP contribution in [0, 0.1) is 11.6 Å². The minimum absolute atomic E-state index is 0.0353. The lowest BCUT2D eigenvalue weighted by Gasteiger charge is -2.30. The van der Waals surface area contributed by atoms with Gasteiger partial charge in [-0.2, -0.15) is 13.2 Å². The van der Waals surface area contributed by atoms with Crippen LogP contribution in [-0.2, 0) is 5.54 Å². The van der Waals surface area contributed by atoms with E-state index in [1.807, 2.05) is 0 Å². The highest BCUT2D eigenvalue weighted by Gasteiger charge is 2.33. The van der Waals surface area contributed by atoms with E-state index in [1.54, 1.807) is 0 Å². The number of hydrogen-bond donors (Lipinski definition) is 2. The normalized spacial score (nSPS) is 15.5. The molecule has 1 unspecified atom stereocenters. The highest BCUT2D eigenvalue weighted by atomic mass is 19.4. The molecule has 0 fully saturated rings. The molecular weight excluding hydrogens is 257 g/mol. The van der Waals surface area contributed by atoms with Gasteiger partial charge in [0.1, 0.15) is 0 Å². The molecule has 1 rings (SSSR count). The van der Waals surface area contributed by atoms with E-state index in [0.29, 0.717) is 0 Å². The Hall–Kier alpha value is -1.21. The predicted octanol–water partition coefficient (Wildman–Crippen LogP) is 2.32. The number of aliphatic hydroxyl groups excluding tert-OH is 1. The van der Waals surface area contributed by atoms with Crippen LogP contribution in [0.25, 0.3) is 0 Å². The van der Waals surface area contributed by atoms with Crippen molar-refractivity contribution in [1.82, 2.24) is 5.32 Å². The van der Waals surface area contributed by atoms with E-state index >= 15 is 0 Å². The predicted molar refractivity (Wildman–Crippen MR) is 54.9 cm³/mol. The van der Waals surface area contributed by atoms with Gasteiger partial charge in [0, 0.05) is 0 Å². The summed E-state index contributed by atoms with van der Waals surface area (Å²) in [5.41, 5.74) is -1.46. The van der Waals surface area contributed by atoms with Crippen LogP contribution in [0.2, 0.25) is 0 Å². The fourth-order valence-electron chi connectivity index (χ4n) is 1.38. The molecule has 18 heavy (non-hydrogen) atoms. The summed E-state index contributed by atoms with van der Waals surface area (Å²) in [4.78, 5) is 0. The lowest BCUT2D eigenvalue weighted by Crippen LogP contribution is -2.47. The molecule has 0 radical (unpaired) electrons. The molecule has 0 amide bonds. The van der Waals surface area contributed by atoms with Gasteiger partial charge < -0.3 is 5.11 Å². The highest BCUT2D eigenvalue weighted by molar-refractivity contribution is 5.25. The van der Waals surface area contributed by atoms with Crippen molar-refractivity contribution >= 4 is 0 Å². The summed E-state index contributed by atoms with van der Waals surface area (Å²) in [6.07, 6.45) is -4.46. The van der Waals surface area contributed by atoms with Gasteiger partial charge in [-0.15, -0.1) is 0 Å². The summed E-state index contributed by atoms with van der Waals surface area (Å²) in [5.74, 6) is -2.28. The average Bonchev–Trinajstić information content (AvgIpc) is 2.28. The van der Waals surface area contributed by atoms with Crippen molar-refractivity contribution in [2.45, 2.75) is 18.6 Å². The molecule has 0 aromatic heterocycles. The molecule has 1 atom stereocenters.